The normalized spacial score (nSPS) is 8.75. The second-order valence-corrected chi connectivity index (χ2v) is 2.53. The summed E-state index contributed by atoms with van der Waals surface area (Å²) in [6.45, 7) is 5.78. The molecule has 0 aromatic heterocycles. The molecule has 3 heteroatoms. The van der Waals surface area contributed by atoms with Crippen molar-refractivity contribution < 1.29 is 4.39 Å². The van der Waals surface area contributed by atoms with Gasteiger partial charge in [0.05, 0.1) is 5.69 Å². The number of aryl methyl sites for hydroxylation is 1. The molecule has 0 radical (unpaired) electrons. The minimum Gasteiger partial charge on any atom is -0.396 e. The molecule has 0 aliphatic heterocycles. The molecule has 1 nitrogen and oxygen atoms in total. The van der Waals surface area contributed by atoms with Gasteiger partial charge < -0.3 is 5.73 Å². The van der Waals surface area contributed by atoms with Crippen LogP contribution in [0.15, 0.2) is 12.1 Å². The van der Waals surface area contributed by atoms with Crippen LogP contribution in [0.2, 0.25) is 5.02 Å². The Morgan fingerprint density at radius 3 is 2.25 bits per heavy atom. The molecule has 0 heterocycles. The van der Waals surface area contributed by atoms with Crippen molar-refractivity contribution in [2.24, 2.45) is 0 Å². The molecule has 0 spiro atoms. The van der Waals surface area contributed by atoms with Crippen LogP contribution in [0.25, 0.3) is 0 Å². The molecule has 0 unspecified atom stereocenters. The molecule has 0 saturated heterocycles. The number of nitrogen functional groups attached to an aromatic ring is 1. The Kier molecular flexibility index (Phi) is 4.67. The molecule has 1 aromatic rings. The van der Waals surface area contributed by atoms with Crippen molar-refractivity contribution in [2.75, 3.05) is 5.73 Å². The number of rotatable bonds is 0. The molecule has 0 fully saturated rings. The number of halogens is 2. The highest BCUT2D eigenvalue weighted by atomic mass is 35.5. The highest BCUT2D eigenvalue weighted by molar-refractivity contribution is 6.31. The lowest BCUT2D eigenvalue weighted by Gasteiger charge is -1.99. The van der Waals surface area contributed by atoms with Crippen LogP contribution in [0, 0.1) is 12.7 Å². The van der Waals surface area contributed by atoms with E-state index in [1.165, 1.54) is 12.1 Å². The number of nitrogens with two attached hydrogens (primary N) is 1. The molecule has 0 saturated carbocycles. The third kappa shape index (κ3) is 2.70. The van der Waals surface area contributed by atoms with Gasteiger partial charge in [-0.2, -0.15) is 0 Å². The fourth-order valence-corrected chi connectivity index (χ4v) is 0.830. The second kappa shape index (κ2) is 4.99. The molecule has 0 bridgehead atoms. The van der Waals surface area contributed by atoms with Crippen molar-refractivity contribution in [3.63, 3.8) is 0 Å². The number of anilines is 1. The van der Waals surface area contributed by atoms with Crippen LogP contribution in [0.1, 0.15) is 19.4 Å². The molecule has 12 heavy (non-hydrogen) atoms. The summed E-state index contributed by atoms with van der Waals surface area (Å²) in [5, 5.41) is 0.409. The van der Waals surface area contributed by atoms with E-state index in [0.29, 0.717) is 5.02 Å². The average molecular weight is 190 g/mol. The van der Waals surface area contributed by atoms with Gasteiger partial charge >= 0.3 is 0 Å². The first-order chi connectivity index (χ1) is 5.61. The van der Waals surface area contributed by atoms with Crippen LogP contribution >= 0.6 is 11.6 Å². The van der Waals surface area contributed by atoms with Gasteiger partial charge in [-0.25, -0.2) is 4.39 Å². The van der Waals surface area contributed by atoms with Crippen LogP contribution < -0.4 is 5.73 Å². The van der Waals surface area contributed by atoms with Crippen molar-refractivity contribution in [3.05, 3.63) is 28.5 Å². The van der Waals surface area contributed by atoms with Crippen molar-refractivity contribution in [3.8, 4) is 0 Å². The maximum Gasteiger partial charge on any atom is 0.147 e. The lowest BCUT2D eigenvalue weighted by Crippen LogP contribution is -1.91. The van der Waals surface area contributed by atoms with E-state index in [1.54, 1.807) is 6.92 Å². The van der Waals surface area contributed by atoms with E-state index in [-0.39, 0.29) is 5.69 Å². The monoisotopic (exact) mass is 189 g/mol. The zero-order valence-corrected chi connectivity index (χ0v) is 8.24. The summed E-state index contributed by atoms with van der Waals surface area (Å²) in [6.07, 6.45) is 0. The summed E-state index contributed by atoms with van der Waals surface area (Å²) in [4.78, 5) is 0. The predicted octanol–water partition coefficient (Wildman–Crippen LogP) is 3.40. The summed E-state index contributed by atoms with van der Waals surface area (Å²) in [6, 6.07) is 2.73. The smallest absolute Gasteiger partial charge is 0.147 e. The van der Waals surface area contributed by atoms with E-state index < -0.39 is 5.82 Å². The van der Waals surface area contributed by atoms with Crippen LogP contribution in [0.3, 0.4) is 0 Å². The van der Waals surface area contributed by atoms with Crippen LogP contribution in [-0.4, -0.2) is 0 Å². The lowest BCUT2D eigenvalue weighted by atomic mass is 10.2. The minimum absolute atomic E-state index is 0.141. The molecule has 0 aliphatic rings. The zero-order chi connectivity index (χ0) is 9.72. The van der Waals surface area contributed by atoms with Gasteiger partial charge in [0.1, 0.15) is 5.82 Å². The SMILES string of the molecule is CC.Cc1cc(N)c(F)cc1Cl. The van der Waals surface area contributed by atoms with Crippen molar-refractivity contribution in [1.82, 2.24) is 0 Å². The molecule has 0 atom stereocenters. The minimum atomic E-state index is -0.462. The van der Waals surface area contributed by atoms with E-state index in [1.807, 2.05) is 13.8 Å². The first-order valence-corrected chi connectivity index (χ1v) is 4.20. The van der Waals surface area contributed by atoms with Gasteiger partial charge in [0.2, 0.25) is 0 Å². The van der Waals surface area contributed by atoms with Crippen molar-refractivity contribution in [2.45, 2.75) is 20.8 Å². The highest BCUT2D eigenvalue weighted by Gasteiger charge is 2.00. The molecule has 1 aromatic carbocycles. The van der Waals surface area contributed by atoms with Gasteiger partial charge in [0, 0.05) is 5.02 Å². The Labute approximate surface area is 77.3 Å². The largest absolute Gasteiger partial charge is 0.396 e. The number of benzene rings is 1. The van der Waals surface area contributed by atoms with Crippen LogP contribution in [0.5, 0.6) is 0 Å². The fourth-order valence-electron chi connectivity index (χ4n) is 0.680. The van der Waals surface area contributed by atoms with E-state index >= 15 is 0 Å². The zero-order valence-electron chi connectivity index (χ0n) is 7.49. The molecule has 0 amide bonds. The molecule has 0 aliphatic carbocycles. The third-order valence-corrected chi connectivity index (χ3v) is 1.69. The van der Waals surface area contributed by atoms with Crippen LogP contribution in [-0.2, 0) is 0 Å². The second-order valence-electron chi connectivity index (χ2n) is 2.12. The average Bonchev–Trinajstić information content (AvgIpc) is 2.05. The Hall–Kier alpha value is -0.760. The Morgan fingerprint density at radius 1 is 1.33 bits per heavy atom. The summed E-state index contributed by atoms with van der Waals surface area (Å²) in [5.74, 6) is -0.462. The van der Waals surface area contributed by atoms with Gasteiger partial charge in [-0.05, 0) is 24.6 Å². The Morgan fingerprint density at radius 2 is 1.83 bits per heavy atom. The molecular weight excluding hydrogens is 177 g/mol. The predicted molar refractivity (Wildman–Crippen MR) is 51.9 cm³/mol. The first-order valence-electron chi connectivity index (χ1n) is 3.82. The van der Waals surface area contributed by atoms with Crippen LogP contribution in [0.4, 0.5) is 10.1 Å². The van der Waals surface area contributed by atoms with Gasteiger partial charge in [-0.3, -0.25) is 0 Å². The summed E-state index contributed by atoms with van der Waals surface area (Å²) >= 11 is 5.59. The molecule has 2 N–H and O–H groups in total. The standard InChI is InChI=1S/C7H7ClFN.C2H6/c1-4-2-7(10)6(9)3-5(4)8;1-2/h2-3H,10H2,1H3;1-2H3. The van der Waals surface area contributed by atoms with E-state index in [2.05, 4.69) is 0 Å². The quantitative estimate of drug-likeness (QED) is 0.622. The molecule has 1 rings (SSSR count). The lowest BCUT2D eigenvalue weighted by molar-refractivity contribution is 0.632. The van der Waals surface area contributed by atoms with E-state index in [0.717, 1.165) is 5.56 Å². The number of hydrogen-bond acceptors (Lipinski definition) is 1. The maximum absolute atomic E-state index is 12.6. The Balaban J connectivity index is 0.000000561. The highest BCUT2D eigenvalue weighted by Crippen LogP contribution is 2.20. The third-order valence-electron chi connectivity index (χ3n) is 1.28. The fraction of sp³-hybridized carbons (Fsp3) is 0.333. The van der Waals surface area contributed by atoms with Gasteiger partial charge in [0.15, 0.2) is 0 Å². The number of hydrogen-bond donors (Lipinski definition) is 1. The maximum atomic E-state index is 12.6. The summed E-state index contributed by atoms with van der Waals surface area (Å²) in [7, 11) is 0. The molecule has 68 valence electrons. The molecular formula is C9H13ClFN. The summed E-state index contributed by atoms with van der Waals surface area (Å²) in [5.41, 5.74) is 6.19. The van der Waals surface area contributed by atoms with Crippen molar-refractivity contribution in [1.29, 1.82) is 0 Å². The van der Waals surface area contributed by atoms with Gasteiger partial charge in [0.25, 0.3) is 0 Å². The van der Waals surface area contributed by atoms with Gasteiger partial charge in [-0.1, -0.05) is 25.4 Å². The van der Waals surface area contributed by atoms with E-state index in [4.69, 9.17) is 17.3 Å². The van der Waals surface area contributed by atoms with Gasteiger partial charge in [-0.15, -0.1) is 0 Å². The first kappa shape index (κ1) is 11.2. The van der Waals surface area contributed by atoms with Crippen molar-refractivity contribution >= 4 is 17.3 Å². The topological polar surface area (TPSA) is 26.0 Å². The van der Waals surface area contributed by atoms with E-state index in [9.17, 15) is 4.39 Å². The summed E-state index contributed by atoms with van der Waals surface area (Å²) < 4.78 is 12.6. The Bertz CT molecular complexity index is 211.